The van der Waals surface area contributed by atoms with Gasteiger partial charge in [-0.15, -0.1) is 0 Å². The zero-order valence-electron chi connectivity index (χ0n) is 9.52. The van der Waals surface area contributed by atoms with Crippen LogP contribution in [0.25, 0.3) is 11.0 Å². The van der Waals surface area contributed by atoms with E-state index < -0.39 is 10.0 Å². The van der Waals surface area contributed by atoms with Crippen LogP contribution in [0.2, 0.25) is 5.22 Å². The van der Waals surface area contributed by atoms with Crippen LogP contribution in [0.4, 0.5) is 0 Å². The van der Waals surface area contributed by atoms with Crippen LogP contribution in [0.3, 0.4) is 0 Å². The molecule has 1 aromatic carbocycles. The van der Waals surface area contributed by atoms with Crippen molar-refractivity contribution < 1.29 is 12.8 Å². The van der Waals surface area contributed by atoms with E-state index in [9.17, 15) is 8.42 Å². The van der Waals surface area contributed by atoms with Crippen molar-refractivity contribution in [3.8, 4) is 0 Å². The molecule has 0 aliphatic heterocycles. The molecule has 1 aromatic heterocycles. The maximum absolute atomic E-state index is 10.8. The average molecular weight is 289 g/mol. The minimum absolute atomic E-state index is 0.111. The summed E-state index contributed by atoms with van der Waals surface area (Å²) in [7, 11) is -3.44. The first-order valence-electron chi connectivity index (χ1n) is 5.34. The van der Waals surface area contributed by atoms with Crippen LogP contribution >= 0.6 is 11.6 Å². The Morgan fingerprint density at radius 1 is 1.33 bits per heavy atom. The minimum atomic E-state index is -3.44. The number of sulfonamides is 1. The number of benzene rings is 1. The predicted molar refractivity (Wildman–Crippen MR) is 70.9 cm³/mol. The van der Waals surface area contributed by atoms with Crippen LogP contribution in [0, 0.1) is 0 Å². The average Bonchev–Trinajstić information content (AvgIpc) is 2.59. The molecule has 0 fully saturated rings. The van der Waals surface area contributed by atoms with Crippen molar-refractivity contribution in [1.82, 2.24) is 5.32 Å². The first kappa shape index (κ1) is 13.4. The summed E-state index contributed by atoms with van der Waals surface area (Å²) in [6.07, 6.45) is 0. The van der Waals surface area contributed by atoms with Gasteiger partial charge < -0.3 is 9.73 Å². The van der Waals surface area contributed by atoms with Gasteiger partial charge in [-0.25, -0.2) is 13.6 Å². The summed E-state index contributed by atoms with van der Waals surface area (Å²) in [5.74, 6) is -0.111. The molecule has 0 radical (unpaired) electrons. The van der Waals surface area contributed by atoms with E-state index in [1.54, 1.807) is 0 Å². The highest BCUT2D eigenvalue weighted by molar-refractivity contribution is 7.89. The normalized spacial score (nSPS) is 12.1. The fourth-order valence-corrected chi connectivity index (χ4v) is 2.34. The van der Waals surface area contributed by atoms with E-state index in [1.165, 1.54) is 0 Å². The van der Waals surface area contributed by atoms with Gasteiger partial charge in [0.2, 0.25) is 10.0 Å². The number of nitrogens with one attached hydrogen (secondary N) is 1. The first-order valence-corrected chi connectivity index (χ1v) is 7.44. The van der Waals surface area contributed by atoms with Gasteiger partial charge in [0.1, 0.15) is 5.58 Å². The maximum atomic E-state index is 10.8. The monoisotopic (exact) mass is 288 g/mol. The zero-order valence-corrected chi connectivity index (χ0v) is 11.1. The van der Waals surface area contributed by atoms with E-state index in [2.05, 4.69) is 5.32 Å². The SMILES string of the molecule is NS(=O)(=O)CCNCc1c(Cl)oc2ccccc12. The van der Waals surface area contributed by atoms with Crippen LogP contribution in [0.1, 0.15) is 5.56 Å². The molecule has 0 aliphatic carbocycles. The van der Waals surface area contributed by atoms with Gasteiger partial charge in [-0.05, 0) is 17.7 Å². The molecular weight excluding hydrogens is 276 g/mol. The molecule has 2 aromatic rings. The summed E-state index contributed by atoms with van der Waals surface area (Å²) in [6, 6.07) is 7.48. The fourth-order valence-electron chi connectivity index (χ4n) is 1.66. The Balaban J connectivity index is 2.06. The topological polar surface area (TPSA) is 85.3 Å². The van der Waals surface area contributed by atoms with Gasteiger partial charge in [0, 0.05) is 24.0 Å². The van der Waals surface area contributed by atoms with E-state index in [0.717, 1.165) is 10.9 Å². The van der Waals surface area contributed by atoms with Crippen molar-refractivity contribution >= 4 is 32.6 Å². The molecular formula is C11H13ClN2O3S. The summed E-state index contributed by atoms with van der Waals surface area (Å²) in [4.78, 5) is 0. The Morgan fingerprint density at radius 3 is 2.78 bits per heavy atom. The smallest absolute Gasteiger partial charge is 0.210 e. The molecule has 1 heterocycles. The van der Waals surface area contributed by atoms with Crippen LogP contribution in [0.5, 0.6) is 0 Å². The number of nitrogens with two attached hydrogens (primary N) is 1. The number of primary sulfonamides is 1. The molecule has 3 N–H and O–H groups in total. The Kier molecular flexibility index (Phi) is 3.91. The molecule has 0 atom stereocenters. The van der Waals surface area contributed by atoms with E-state index in [0.29, 0.717) is 17.3 Å². The number of furan rings is 1. The number of hydrogen-bond acceptors (Lipinski definition) is 4. The lowest BCUT2D eigenvalue weighted by Crippen LogP contribution is -2.26. The Bertz CT molecular complexity index is 651. The third-order valence-electron chi connectivity index (χ3n) is 2.51. The maximum Gasteiger partial charge on any atom is 0.210 e. The van der Waals surface area contributed by atoms with Crippen molar-refractivity contribution in [1.29, 1.82) is 0 Å². The van der Waals surface area contributed by atoms with Crippen LogP contribution in [0.15, 0.2) is 28.7 Å². The minimum Gasteiger partial charge on any atom is -0.444 e. The molecule has 7 heteroatoms. The largest absolute Gasteiger partial charge is 0.444 e. The van der Waals surface area contributed by atoms with Gasteiger partial charge in [-0.2, -0.15) is 0 Å². The van der Waals surface area contributed by atoms with Crippen molar-refractivity contribution in [3.05, 3.63) is 35.0 Å². The van der Waals surface area contributed by atoms with Gasteiger partial charge in [-0.3, -0.25) is 0 Å². The Hall–Kier alpha value is -1.08. The summed E-state index contributed by atoms with van der Waals surface area (Å²) < 4.78 is 26.9. The molecule has 2 rings (SSSR count). The van der Waals surface area contributed by atoms with Gasteiger partial charge in [0.25, 0.3) is 0 Å². The van der Waals surface area contributed by atoms with Crippen molar-refractivity contribution in [2.45, 2.75) is 6.54 Å². The number of halogens is 1. The van der Waals surface area contributed by atoms with Gasteiger partial charge >= 0.3 is 0 Å². The highest BCUT2D eigenvalue weighted by atomic mass is 35.5. The highest BCUT2D eigenvalue weighted by Crippen LogP contribution is 2.29. The van der Waals surface area contributed by atoms with Crippen molar-refractivity contribution in [3.63, 3.8) is 0 Å². The molecule has 5 nitrogen and oxygen atoms in total. The molecule has 0 saturated heterocycles. The van der Waals surface area contributed by atoms with E-state index in [4.69, 9.17) is 21.2 Å². The molecule has 0 saturated carbocycles. The fraction of sp³-hybridized carbons (Fsp3) is 0.273. The van der Waals surface area contributed by atoms with Gasteiger partial charge in [0.05, 0.1) is 5.75 Å². The lowest BCUT2D eigenvalue weighted by molar-refractivity contribution is 0.590. The summed E-state index contributed by atoms with van der Waals surface area (Å²) >= 11 is 5.99. The Morgan fingerprint density at radius 2 is 2.06 bits per heavy atom. The zero-order chi connectivity index (χ0) is 13.2. The number of fused-ring (bicyclic) bond motifs is 1. The lowest BCUT2D eigenvalue weighted by atomic mass is 10.2. The first-order chi connectivity index (χ1) is 8.47. The standard InChI is InChI=1S/C11H13ClN2O3S/c12-11-9(7-14-5-6-18(13,15)16)8-3-1-2-4-10(8)17-11/h1-4,14H,5-7H2,(H2,13,15,16). The van der Waals surface area contributed by atoms with Gasteiger partial charge in [0.15, 0.2) is 5.22 Å². The van der Waals surface area contributed by atoms with Crippen LogP contribution in [-0.4, -0.2) is 20.7 Å². The van der Waals surface area contributed by atoms with E-state index >= 15 is 0 Å². The lowest BCUT2D eigenvalue weighted by Gasteiger charge is -2.02. The number of hydrogen-bond donors (Lipinski definition) is 2. The second-order valence-electron chi connectivity index (χ2n) is 3.89. The second kappa shape index (κ2) is 5.27. The molecule has 0 bridgehead atoms. The number of rotatable bonds is 5. The van der Waals surface area contributed by atoms with Crippen LogP contribution in [-0.2, 0) is 16.6 Å². The molecule has 0 spiro atoms. The molecule has 0 aliphatic rings. The number of para-hydroxylation sites is 1. The molecule has 0 amide bonds. The third kappa shape index (κ3) is 3.23. The molecule has 98 valence electrons. The summed E-state index contributed by atoms with van der Waals surface area (Å²) in [5, 5.41) is 9.12. The third-order valence-corrected chi connectivity index (χ3v) is 3.59. The summed E-state index contributed by atoms with van der Waals surface area (Å²) in [6.45, 7) is 0.708. The van der Waals surface area contributed by atoms with Gasteiger partial charge in [-0.1, -0.05) is 18.2 Å². The van der Waals surface area contributed by atoms with E-state index in [-0.39, 0.29) is 12.3 Å². The highest BCUT2D eigenvalue weighted by Gasteiger charge is 2.11. The predicted octanol–water partition coefficient (Wildman–Crippen LogP) is 1.46. The van der Waals surface area contributed by atoms with Crippen LogP contribution < -0.4 is 10.5 Å². The van der Waals surface area contributed by atoms with Crippen molar-refractivity contribution in [2.75, 3.05) is 12.3 Å². The Labute approximate surface area is 110 Å². The molecule has 0 unspecified atom stereocenters. The molecule has 18 heavy (non-hydrogen) atoms. The van der Waals surface area contributed by atoms with Crippen molar-refractivity contribution in [2.24, 2.45) is 5.14 Å². The second-order valence-corrected chi connectivity index (χ2v) is 5.97. The summed E-state index contributed by atoms with van der Waals surface area (Å²) in [5.41, 5.74) is 1.53. The quantitative estimate of drug-likeness (QED) is 0.816. The van der Waals surface area contributed by atoms with E-state index in [1.807, 2.05) is 24.3 Å².